The molecular formula is C22H31N2O3+. The van der Waals surface area contributed by atoms with Gasteiger partial charge in [-0.05, 0) is 36.2 Å². The minimum atomic E-state index is -0.455. The number of quaternary nitrogens is 1. The van der Waals surface area contributed by atoms with Crippen LogP contribution in [0.2, 0.25) is 0 Å². The quantitative estimate of drug-likeness (QED) is 0.737. The summed E-state index contributed by atoms with van der Waals surface area (Å²) < 4.78 is 11.2. The van der Waals surface area contributed by atoms with Gasteiger partial charge in [0, 0.05) is 0 Å². The van der Waals surface area contributed by atoms with Gasteiger partial charge in [0.15, 0.2) is 0 Å². The number of aryl methyl sites for hydroxylation is 1. The highest BCUT2D eigenvalue weighted by Gasteiger charge is 2.24. The second-order valence-electron chi connectivity index (χ2n) is 7.08. The number of anilines is 1. The maximum absolute atomic E-state index is 10.3. The predicted octanol–water partition coefficient (Wildman–Crippen LogP) is 1.40. The molecule has 1 aliphatic rings. The fraction of sp³-hybridized carbons (Fsp3) is 0.455. The molecule has 1 aliphatic heterocycles. The van der Waals surface area contributed by atoms with Gasteiger partial charge < -0.3 is 24.4 Å². The number of ether oxygens (including phenoxy) is 2. The first-order valence-corrected chi connectivity index (χ1v) is 9.81. The molecule has 0 aliphatic carbocycles. The van der Waals surface area contributed by atoms with Crippen molar-refractivity contribution in [2.24, 2.45) is 0 Å². The lowest BCUT2D eigenvalue weighted by atomic mass is 10.2. The van der Waals surface area contributed by atoms with E-state index in [2.05, 4.69) is 30.0 Å². The molecule has 0 spiro atoms. The monoisotopic (exact) mass is 371 g/mol. The fourth-order valence-electron chi connectivity index (χ4n) is 3.56. The summed E-state index contributed by atoms with van der Waals surface area (Å²) in [4.78, 5) is 3.78. The van der Waals surface area contributed by atoms with Crippen molar-refractivity contribution >= 4 is 5.69 Å². The molecule has 5 nitrogen and oxygen atoms in total. The summed E-state index contributed by atoms with van der Waals surface area (Å²) in [6, 6.07) is 16.3. The van der Waals surface area contributed by atoms with E-state index in [1.165, 1.54) is 10.5 Å². The Morgan fingerprint density at radius 3 is 2.44 bits per heavy atom. The number of para-hydroxylation sites is 2. The first-order chi connectivity index (χ1) is 13.2. The second-order valence-corrected chi connectivity index (χ2v) is 7.08. The molecule has 1 atom stereocenters. The molecule has 146 valence electrons. The number of aliphatic hydroxyl groups is 1. The summed E-state index contributed by atoms with van der Waals surface area (Å²) in [6.07, 6.45) is 0.566. The van der Waals surface area contributed by atoms with Gasteiger partial charge in [0.1, 0.15) is 30.8 Å². The smallest absolute Gasteiger partial charge is 0.142 e. The molecule has 2 N–H and O–H groups in total. The summed E-state index contributed by atoms with van der Waals surface area (Å²) >= 11 is 0. The van der Waals surface area contributed by atoms with Crippen molar-refractivity contribution < 1.29 is 19.5 Å². The minimum absolute atomic E-state index is 0.338. The largest absolute Gasteiger partial charge is 0.495 e. The van der Waals surface area contributed by atoms with Crippen LogP contribution in [0.15, 0.2) is 48.5 Å². The molecule has 3 rings (SSSR count). The van der Waals surface area contributed by atoms with E-state index in [1.54, 1.807) is 7.11 Å². The number of hydrogen-bond acceptors (Lipinski definition) is 4. The van der Waals surface area contributed by atoms with Gasteiger partial charge in [0.2, 0.25) is 0 Å². The van der Waals surface area contributed by atoms with Crippen LogP contribution in [-0.2, 0) is 6.42 Å². The second kappa shape index (κ2) is 9.62. The molecule has 2 aromatic rings. The topological polar surface area (TPSA) is 46.4 Å². The molecular weight excluding hydrogens is 340 g/mol. The third-order valence-electron chi connectivity index (χ3n) is 5.19. The van der Waals surface area contributed by atoms with Gasteiger partial charge in [-0.3, -0.25) is 0 Å². The van der Waals surface area contributed by atoms with Crippen LogP contribution in [0.1, 0.15) is 12.5 Å². The number of nitrogens with zero attached hydrogens (tertiary/aromatic N) is 1. The molecule has 27 heavy (non-hydrogen) atoms. The molecule has 0 aromatic heterocycles. The number of piperazine rings is 1. The highest BCUT2D eigenvalue weighted by Crippen LogP contribution is 2.27. The number of aliphatic hydroxyl groups excluding tert-OH is 1. The Bertz CT molecular complexity index is 697. The molecule has 0 saturated carbocycles. The van der Waals surface area contributed by atoms with Crippen LogP contribution < -0.4 is 19.3 Å². The van der Waals surface area contributed by atoms with Gasteiger partial charge in [0.25, 0.3) is 0 Å². The van der Waals surface area contributed by atoms with Crippen LogP contribution >= 0.6 is 0 Å². The van der Waals surface area contributed by atoms with Crippen LogP contribution in [0.25, 0.3) is 0 Å². The van der Waals surface area contributed by atoms with Gasteiger partial charge in [0.05, 0.1) is 39.0 Å². The average Bonchev–Trinajstić information content (AvgIpc) is 2.73. The van der Waals surface area contributed by atoms with Crippen LogP contribution in [0.3, 0.4) is 0 Å². The van der Waals surface area contributed by atoms with E-state index in [0.717, 1.165) is 49.8 Å². The first kappa shape index (κ1) is 19.5. The van der Waals surface area contributed by atoms with Crippen molar-refractivity contribution in [2.45, 2.75) is 19.4 Å². The van der Waals surface area contributed by atoms with Gasteiger partial charge in [-0.2, -0.15) is 0 Å². The summed E-state index contributed by atoms with van der Waals surface area (Å²) in [5.74, 6) is 1.74. The summed E-state index contributed by atoms with van der Waals surface area (Å²) in [5.41, 5.74) is 2.44. The standard InChI is InChI=1S/C22H30N2O3/c1-3-18-8-10-20(11-9-18)27-17-19(25)16-23-12-14-24(15-13-23)21-6-4-5-7-22(21)26-2/h4-11,19,25H,3,12-17H2,1-2H3/p+1/t19-/m0/s1. The van der Waals surface area contributed by atoms with Gasteiger partial charge in [-0.25, -0.2) is 0 Å². The van der Waals surface area contributed by atoms with E-state index >= 15 is 0 Å². The van der Waals surface area contributed by atoms with Crippen LogP contribution in [0.5, 0.6) is 11.5 Å². The molecule has 1 saturated heterocycles. The Labute approximate surface area is 162 Å². The van der Waals surface area contributed by atoms with E-state index in [9.17, 15) is 5.11 Å². The maximum Gasteiger partial charge on any atom is 0.142 e. The lowest BCUT2D eigenvalue weighted by Crippen LogP contribution is -3.16. The Hall–Kier alpha value is -2.24. The SMILES string of the molecule is CCc1ccc(OC[C@@H](O)C[NH+]2CCN(c3ccccc3OC)CC2)cc1. The number of benzene rings is 2. The zero-order valence-corrected chi connectivity index (χ0v) is 16.4. The highest BCUT2D eigenvalue weighted by atomic mass is 16.5. The zero-order valence-electron chi connectivity index (χ0n) is 16.4. The number of rotatable bonds is 8. The van der Waals surface area contributed by atoms with E-state index in [1.807, 2.05) is 30.3 Å². The first-order valence-electron chi connectivity index (χ1n) is 9.81. The number of nitrogens with one attached hydrogen (secondary N) is 1. The molecule has 0 bridgehead atoms. The van der Waals surface area contributed by atoms with Crippen molar-refractivity contribution in [3.8, 4) is 11.5 Å². The third kappa shape index (κ3) is 5.37. The molecule has 1 fully saturated rings. The van der Waals surface area contributed by atoms with Gasteiger partial charge in [-0.1, -0.05) is 31.2 Å². The molecule has 0 radical (unpaired) electrons. The summed E-state index contributed by atoms with van der Waals surface area (Å²) in [5, 5.41) is 10.3. The van der Waals surface area contributed by atoms with E-state index < -0.39 is 6.10 Å². The fourth-order valence-corrected chi connectivity index (χ4v) is 3.56. The van der Waals surface area contributed by atoms with Crippen LogP contribution in [0.4, 0.5) is 5.69 Å². The van der Waals surface area contributed by atoms with Crippen molar-refractivity contribution in [1.82, 2.24) is 0 Å². The minimum Gasteiger partial charge on any atom is -0.495 e. The number of hydrogen-bond donors (Lipinski definition) is 2. The van der Waals surface area contributed by atoms with Crippen molar-refractivity contribution in [2.75, 3.05) is 51.3 Å². The number of methoxy groups -OCH3 is 1. The Morgan fingerprint density at radius 1 is 1.07 bits per heavy atom. The van der Waals surface area contributed by atoms with E-state index in [-0.39, 0.29) is 0 Å². The van der Waals surface area contributed by atoms with Crippen LogP contribution in [-0.4, -0.2) is 57.7 Å². The summed E-state index contributed by atoms with van der Waals surface area (Å²) in [6.45, 7) is 7.11. The molecule has 5 heteroatoms. The maximum atomic E-state index is 10.3. The third-order valence-corrected chi connectivity index (χ3v) is 5.19. The average molecular weight is 372 g/mol. The lowest BCUT2D eigenvalue weighted by molar-refractivity contribution is -0.903. The molecule has 0 amide bonds. The Kier molecular flexibility index (Phi) is 6.96. The normalized spacial score (nSPS) is 16.2. The lowest BCUT2D eigenvalue weighted by Gasteiger charge is -2.35. The van der Waals surface area contributed by atoms with Crippen molar-refractivity contribution in [3.05, 3.63) is 54.1 Å². The van der Waals surface area contributed by atoms with E-state index in [0.29, 0.717) is 13.2 Å². The van der Waals surface area contributed by atoms with Crippen molar-refractivity contribution in [3.63, 3.8) is 0 Å². The summed E-state index contributed by atoms with van der Waals surface area (Å²) in [7, 11) is 1.71. The molecule has 0 unspecified atom stereocenters. The van der Waals surface area contributed by atoms with E-state index in [4.69, 9.17) is 9.47 Å². The highest BCUT2D eigenvalue weighted by molar-refractivity contribution is 5.58. The molecule has 2 aromatic carbocycles. The van der Waals surface area contributed by atoms with Gasteiger partial charge in [-0.15, -0.1) is 0 Å². The Balaban J connectivity index is 1.43. The van der Waals surface area contributed by atoms with Crippen molar-refractivity contribution in [1.29, 1.82) is 0 Å². The zero-order chi connectivity index (χ0) is 19.1. The Morgan fingerprint density at radius 2 is 1.78 bits per heavy atom. The molecule has 1 heterocycles. The van der Waals surface area contributed by atoms with Gasteiger partial charge >= 0.3 is 0 Å². The predicted molar refractivity (Wildman–Crippen MR) is 108 cm³/mol. The van der Waals surface area contributed by atoms with Crippen LogP contribution in [0, 0.1) is 0 Å².